The number of halogens is 1. The zero-order chi connectivity index (χ0) is 26.7. The summed E-state index contributed by atoms with van der Waals surface area (Å²) in [6.45, 7) is 9.06. The smallest absolute Gasteiger partial charge is 0.306 e. The first-order valence-corrected chi connectivity index (χ1v) is 14.4. The summed E-state index contributed by atoms with van der Waals surface area (Å²) in [6, 6.07) is 0. The van der Waals surface area contributed by atoms with Crippen LogP contribution >= 0.6 is 15.9 Å². The second-order valence-corrected chi connectivity index (χ2v) is 13.5. The van der Waals surface area contributed by atoms with Gasteiger partial charge in [0.2, 0.25) is 5.78 Å². The number of rotatable bonds is 6. The Hall–Kier alpha value is -1.28. The number of ketones is 2. The molecule has 0 aromatic heterocycles. The number of esters is 2. The van der Waals surface area contributed by atoms with Gasteiger partial charge in [0.25, 0.3) is 0 Å². The molecular weight excluding hydrogens is 528 g/mol. The number of carbonyl (C=O) groups is 4. The number of fused-ring (bicyclic) bond motifs is 5. The average molecular weight is 570 g/mol. The monoisotopic (exact) mass is 568 g/mol. The molecule has 0 saturated heterocycles. The summed E-state index contributed by atoms with van der Waals surface area (Å²) in [7, 11) is 0. The molecule has 0 aromatic carbocycles. The van der Waals surface area contributed by atoms with Crippen molar-refractivity contribution in [3.63, 3.8) is 0 Å². The number of aliphatic hydroxyl groups is 1. The van der Waals surface area contributed by atoms with E-state index in [1.807, 2.05) is 13.8 Å². The van der Waals surface area contributed by atoms with Gasteiger partial charge in [0, 0.05) is 37.0 Å². The number of alkyl halides is 1. The molecule has 0 aromatic rings. The number of hydrogen-bond donors (Lipinski definition) is 1. The molecule has 36 heavy (non-hydrogen) atoms. The molecule has 0 spiro atoms. The molecule has 4 aliphatic carbocycles. The summed E-state index contributed by atoms with van der Waals surface area (Å²) in [5, 5.41) is 11.9. The van der Waals surface area contributed by atoms with Crippen LogP contribution in [0.4, 0.5) is 0 Å². The predicted molar refractivity (Wildman–Crippen MR) is 136 cm³/mol. The van der Waals surface area contributed by atoms with Crippen molar-refractivity contribution in [3.8, 4) is 0 Å². The van der Waals surface area contributed by atoms with Crippen molar-refractivity contribution in [2.45, 2.75) is 108 Å². The van der Waals surface area contributed by atoms with E-state index in [0.29, 0.717) is 25.0 Å². The van der Waals surface area contributed by atoms with Crippen LogP contribution in [0.3, 0.4) is 0 Å². The fraction of sp³-hybridized carbons (Fsp3) is 0.857. The van der Waals surface area contributed by atoms with E-state index in [4.69, 9.17) is 9.47 Å². The Labute approximate surface area is 222 Å². The van der Waals surface area contributed by atoms with Gasteiger partial charge in [-0.15, -0.1) is 0 Å². The lowest BCUT2D eigenvalue weighted by Crippen LogP contribution is -2.71. The molecule has 0 aliphatic heterocycles. The van der Waals surface area contributed by atoms with E-state index in [1.54, 1.807) is 13.8 Å². The zero-order valence-electron chi connectivity index (χ0n) is 22.2. The number of aliphatic hydroxyl groups excluding tert-OH is 1. The molecule has 0 heterocycles. The van der Waals surface area contributed by atoms with Crippen LogP contribution in [-0.2, 0) is 28.7 Å². The number of Topliss-reactive ketones (excluding diaryl/α,β-unsaturated/α-hetero) is 2. The van der Waals surface area contributed by atoms with Crippen molar-refractivity contribution in [1.29, 1.82) is 0 Å². The molecule has 4 saturated carbocycles. The van der Waals surface area contributed by atoms with Gasteiger partial charge in [0.1, 0.15) is 5.78 Å². The average Bonchev–Trinajstić information content (AvgIpc) is 3.05. The maximum Gasteiger partial charge on any atom is 0.306 e. The second kappa shape index (κ2) is 9.48. The molecule has 1 N–H and O–H groups in total. The first kappa shape index (κ1) is 27.7. The lowest BCUT2D eigenvalue weighted by atomic mass is 9.43. The first-order valence-electron chi connectivity index (χ1n) is 13.6. The third-order valence-corrected chi connectivity index (χ3v) is 12.7. The SMILES string of the molecule is CCC(=O)OCC(=O)[C@@]1(OC(=O)CC)[C@@H](C)C[C@H]2[C@@H]3CC[C@H]4CC(=O)CC[C@]4(C)[C@@]3(Br)[C@@H](O)C[C@@]21C. The van der Waals surface area contributed by atoms with Crippen LogP contribution in [0.1, 0.15) is 92.4 Å². The van der Waals surface area contributed by atoms with Crippen molar-refractivity contribution in [3.05, 3.63) is 0 Å². The highest BCUT2D eigenvalue weighted by molar-refractivity contribution is 9.10. The first-order chi connectivity index (χ1) is 16.8. The zero-order valence-corrected chi connectivity index (χ0v) is 23.8. The summed E-state index contributed by atoms with van der Waals surface area (Å²) in [5.74, 6) is -1.06. The van der Waals surface area contributed by atoms with E-state index in [9.17, 15) is 24.3 Å². The molecule has 4 rings (SSSR count). The number of ether oxygens (including phenoxy) is 2. The summed E-state index contributed by atoms with van der Waals surface area (Å²) in [6.07, 6.45) is 3.99. The highest BCUT2D eigenvalue weighted by Crippen LogP contribution is 2.73. The van der Waals surface area contributed by atoms with Gasteiger partial charge in [-0.25, -0.2) is 0 Å². The maximum absolute atomic E-state index is 13.9. The van der Waals surface area contributed by atoms with Crippen molar-refractivity contribution in [2.75, 3.05) is 6.61 Å². The van der Waals surface area contributed by atoms with Gasteiger partial charge < -0.3 is 14.6 Å². The van der Waals surface area contributed by atoms with Crippen LogP contribution in [-0.4, -0.2) is 51.2 Å². The Kier molecular flexibility index (Phi) is 7.30. The quantitative estimate of drug-likeness (QED) is 0.370. The minimum Gasteiger partial charge on any atom is -0.457 e. The van der Waals surface area contributed by atoms with Crippen molar-refractivity contribution in [2.24, 2.45) is 34.5 Å². The van der Waals surface area contributed by atoms with Crippen molar-refractivity contribution in [1.82, 2.24) is 0 Å². The van der Waals surface area contributed by atoms with Crippen LogP contribution in [0.2, 0.25) is 0 Å². The Bertz CT molecular complexity index is 950. The normalized spacial score (nSPS) is 45.8. The minimum atomic E-state index is -1.48. The van der Waals surface area contributed by atoms with Crippen LogP contribution in [0.25, 0.3) is 0 Å². The van der Waals surface area contributed by atoms with E-state index < -0.39 is 45.8 Å². The molecule has 0 unspecified atom stereocenters. The van der Waals surface area contributed by atoms with E-state index >= 15 is 0 Å². The maximum atomic E-state index is 13.9. The highest BCUT2D eigenvalue weighted by Gasteiger charge is 2.76. The summed E-state index contributed by atoms with van der Waals surface area (Å²) in [5.41, 5.74) is -2.55. The van der Waals surface area contributed by atoms with Gasteiger partial charge in [-0.3, -0.25) is 19.2 Å². The van der Waals surface area contributed by atoms with Crippen LogP contribution < -0.4 is 0 Å². The van der Waals surface area contributed by atoms with E-state index in [0.717, 1.165) is 19.3 Å². The number of hydrogen-bond acceptors (Lipinski definition) is 7. The highest BCUT2D eigenvalue weighted by atomic mass is 79.9. The Morgan fingerprint density at radius 3 is 2.36 bits per heavy atom. The van der Waals surface area contributed by atoms with Crippen LogP contribution in [0.5, 0.6) is 0 Å². The van der Waals surface area contributed by atoms with Crippen LogP contribution in [0, 0.1) is 34.5 Å². The van der Waals surface area contributed by atoms with E-state index in [1.165, 1.54) is 0 Å². The molecule has 4 fully saturated rings. The molecule has 7 nitrogen and oxygen atoms in total. The van der Waals surface area contributed by atoms with Gasteiger partial charge in [0.05, 0.1) is 10.4 Å². The lowest BCUT2D eigenvalue weighted by molar-refractivity contribution is -0.208. The number of carbonyl (C=O) groups excluding carboxylic acids is 4. The Morgan fingerprint density at radius 2 is 1.72 bits per heavy atom. The molecule has 0 radical (unpaired) electrons. The largest absolute Gasteiger partial charge is 0.457 e. The van der Waals surface area contributed by atoms with Gasteiger partial charge in [-0.2, -0.15) is 0 Å². The molecule has 0 amide bonds. The Morgan fingerprint density at radius 1 is 1.06 bits per heavy atom. The fourth-order valence-corrected chi connectivity index (χ4v) is 10.1. The van der Waals surface area contributed by atoms with Gasteiger partial charge in [0.15, 0.2) is 12.2 Å². The predicted octanol–water partition coefficient (Wildman–Crippen LogP) is 4.55. The lowest BCUT2D eigenvalue weighted by Gasteiger charge is -2.67. The summed E-state index contributed by atoms with van der Waals surface area (Å²) in [4.78, 5) is 50.8. The third-order valence-electron chi connectivity index (χ3n) is 10.7. The third kappa shape index (κ3) is 3.67. The second-order valence-electron chi connectivity index (χ2n) is 12.2. The standard InChI is InChI=1S/C28H41BrO7/c1-6-23(33)35-15-22(32)28(36-24(34)7-2)16(3)12-20-19-9-8-17-13-18(30)10-11-25(17,4)27(19,29)21(31)14-26(20,28)5/h16-17,19-21,31H,6-15H2,1-5H3/t16-,17-,19-,20-,21-,25-,26-,27-,28-/m0/s1. The van der Waals surface area contributed by atoms with Gasteiger partial charge >= 0.3 is 11.9 Å². The van der Waals surface area contributed by atoms with Crippen molar-refractivity contribution >= 4 is 39.4 Å². The van der Waals surface area contributed by atoms with Gasteiger partial charge in [-0.1, -0.05) is 50.5 Å². The molecule has 4 aliphatic rings. The molecule has 8 heteroatoms. The summed E-state index contributed by atoms with van der Waals surface area (Å²) >= 11 is 4.11. The molecular formula is C28H41BrO7. The van der Waals surface area contributed by atoms with E-state index in [-0.39, 0.29) is 48.3 Å². The molecule has 9 atom stereocenters. The molecule has 202 valence electrons. The van der Waals surface area contributed by atoms with E-state index in [2.05, 4.69) is 22.9 Å². The Balaban J connectivity index is 1.77. The van der Waals surface area contributed by atoms with Gasteiger partial charge in [-0.05, 0) is 55.3 Å². The topological polar surface area (TPSA) is 107 Å². The summed E-state index contributed by atoms with van der Waals surface area (Å²) < 4.78 is 10.8. The molecule has 0 bridgehead atoms. The fourth-order valence-electron chi connectivity index (χ4n) is 8.85. The minimum absolute atomic E-state index is 0.0150. The van der Waals surface area contributed by atoms with Crippen molar-refractivity contribution < 1.29 is 33.8 Å². The van der Waals surface area contributed by atoms with Crippen LogP contribution in [0.15, 0.2) is 0 Å².